The molecule has 172 valence electrons. The Labute approximate surface area is 200 Å². The summed E-state index contributed by atoms with van der Waals surface area (Å²) < 4.78 is 1.33. The van der Waals surface area contributed by atoms with Gasteiger partial charge in [0.15, 0.2) is 5.75 Å². The van der Waals surface area contributed by atoms with E-state index in [1.807, 2.05) is 30.5 Å². The number of rotatable bonds is 7. The van der Waals surface area contributed by atoms with Crippen molar-refractivity contribution in [3.8, 4) is 11.6 Å². The highest BCUT2D eigenvalue weighted by Gasteiger charge is 2.26. The number of aliphatic hydroxyl groups excluding tert-OH is 1. The number of aromatic nitrogens is 2. The van der Waals surface area contributed by atoms with Crippen LogP contribution >= 0.6 is 23.2 Å². The maximum absolute atomic E-state index is 13.0. The molecule has 1 amide bonds. The Morgan fingerprint density at radius 2 is 1.91 bits per heavy atom. The number of hydrogen-bond acceptors (Lipinski definition) is 4. The summed E-state index contributed by atoms with van der Waals surface area (Å²) >= 11 is 12.0. The van der Waals surface area contributed by atoms with E-state index in [0.717, 1.165) is 22.0 Å². The monoisotopic (exact) mass is 487 g/mol. The number of H-pyrrole nitrogens is 1. The summed E-state index contributed by atoms with van der Waals surface area (Å²) in [6, 6.07) is 12.2. The van der Waals surface area contributed by atoms with Gasteiger partial charge in [-0.3, -0.25) is 4.79 Å². The van der Waals surface area contributed by atoms with Gasteiger partial charge in [0.1, 0.15) is 5.56 Å². The Balaban J connectivity index is 1.57. The van der Waals surface area contributed by atoms with Gasteiger partial charge < -0.3 is 29.8 Å². The van der Waals surface area contributed by atoms with E-state index in [-0.39, 0.29) is 18.7 Å². The largest absolute Gasteiger partial charge is 0.503 e. The van der Waals surface area contributed by atoms with Gasteiger partial charge in [0.25, 0.3) is 5.91 Å². The van der Waals surface area contributed by atoms with Crippen LogP contribution in [0.25, 0.3) is 10.9 Å². The number of aromatic amines is 1. The van der Waals surface area contributed by atoms with Crippen molar-refractivity contribution in [2.75, 3.05) is 13.7 Å². The van der Waals surface area contributed by atoms with Gasteiger partial charge in [0.05, 0.1) is 22.7 Å². The Bertz CT molecular complexity index is 1310. The predicted octanol–water partition coefficient (Wildman–Crippen LogP) is 4.74. The van der Waals surface area contributed by atoms with Crippen molar-refractivity contribution in [2.45, 2.75) is 19.0 Å². The normalized spacial score (nSPS) is 12.2. The lowest BCUT2D eigenvalue weighted by Gasteiger charge is -2.18. The first-order valence-corrected chi connectivity index (χ1v) is 11.0. The Hall–Kier alpha value is -3.13. The second kappa shape index (κ2) is 9.39. The lowest BCUT2D eigenvalue weighted by atomic mass is 10.1. The number of aromatic hydroxyl groups is 2. The lowest BCUT2D eigenvalue weighted by Crippen LogP contribution is -2.26. The molecule has 0 radical (unpaired) electrons. The maximum Gasteiger partial charge on any atom is 0.259 e. The van der Waals surface area contributed by atoms with E-state index in [4.69, 9.17) is 23.2 Å². The quantitative estimate of drug-likeness (QED) is 0.302. The number of para-hydroxylation sites is 1. The molecule has 2 aromatic heterocycles. The van der Waals surface area contributed by atoms with Crippen molar-refractivity contribution < 1.29 is 20.1 Å². The molecule has 0 aliphatic rings. The van der Waals surface area contributed by atoms with Gasteiger partial charge in [-0.2, -0.15) is 0 Å². The van der Waals surface area contributed by atoms with Crippen LogP contribution in [0, 0.1) is 0 Å². The van der Waals surface area contributed by atoms with E-state index in [2.05, 4.69) is 4.98 Å². The molecule has 0 spiro atoms. The van der Waals surface area contributed by atoms with Crippen molar-refractivity contribution in [1.82, 2.24) is 14.5 Å². The van der Waals surface area contributed by atoms with Crippen LogP contribution in [0.3, 0.4) is 0 Å². The van der Waals surface area contributed by atoms with Crippen LogP contribution in [0.2, 0.25) is 10.0 Å². The van der Waals surface area contributed by atoms with Crippen molar-refractivity contribution in [1.29, 1.82) is 0 Å². The molecule has 4 rings (SSSR count). The molecular weight excluding hydrogens is 465 g/mol. The van der Waals surface area contributed by atoms with Gasteiger partial charge >= 0.3 is 0 Å². The zero-order valence-corrected chi connectivity index (χ0v) is 19.3. The van der Waals surface area contributed by atoms with E-state index in [9.17, 15) is 20.1 Å². The van der Waals surface area contributed by atoms with Gasteiger partial charge in [-0.05, 0) is 35.7 Å². The van der Waals surface area contributed by atoms with Gasteiger partial charge in [-0.15, -0.1) is 0 Å². The number of fused-ring (bicyclic) bond motifs is 1. The number of carbonyl (C=O) groups excluding carboxylic acids is 1. The van der Waals surface area contributed by atoms with Gasteiger partial charge in [-0.1, -0.05) is 47.5 Å². The standard InChI is InChI=1S/C24H23Cl2N3O4/c1-28(11-14-6-7-19(25)20(26)8-14)23(32)18-12-29(24(33)22(18)31)16(13-30)9-15-10-27-21-5-3-2-4-17(15)21/h2-8,10,12,16,27,30-31,33H,9,11,13H2,1H3. The first-order chi connectivity index (χ1) is 15.8. The fourth-order valence-electron chi connectivity index (χ4n) is 3.93. The first kappa shape index (κ1) is 23.0. The number of halogens is 2. The summed E-state index contributed by atoms with van der Waals surface area (Å²) in [6.07, 6.45) is 3.60. The van der Waals surface area contributed by atoms with E-state index in [1.54, 1.807) is 25.2 Å². The average Bonchev–Trinajstić information content (AvgIpc) is 3.35. The molecule has 9 heteroatoms. The van der Waals surface area contributed by atoms with Crippen LogP contribution in [0.5, 0.6) is 11.6 Å². The highest BCUT2D eigenvalue weighted by molar-refractivity contribution is 6.42. The molecule has 7 nitrogen and oxygen atoms in total. The fourth-order valence-corrected chi connectivity index (χ4v) is 4.25. The average molecular weight is 488 g/mol. The second-order valence-electron chi connectivity index (χ2n) is 7.93. The van der Waals surface area contributed by atoms with Crippen molar-refractivity contribution in [2.24, 2.45) is 0 Å². The summed E-state index contributed by atoms with van der Waals surface area (Å²) in [5.41, 5.74) is 2.61. The molecule has 4 aromatic rings. The Morgan fingerprint density at radius 3 is 2.64 bits per heavy atom. The third-order valence-electron chi connectivity index (χ3n) is 5.70. The number of nitrogens with one attached hydrogen (secondary N) is 1. The molecule has 0 aliphatic heterocycles. The SMILES string of the molecule is CN(Cc1ccc(Cl)c(Cl)c1)C(=O)c1cn(C(CO)Cc2c[nH]c3ccccc23)c(O)c1O. The topological polar surface area (TPSA) is 102 Å². The van der Waals surface area contributed by atoms with E-state index in [1.165, 1.54) is 15.7 Å². The van der Waals surface area contributed by atoms with Crippen LogP contribution in [0.15, 0.2) is 54.9 Å². The van der Waals surface area contributed by atoms with Crippen molar-refractivity contribution >= 4 is 40.0 Å². The third kappa shape index (κ3) is 4.53. The number of nitrogens with zero attached hydrogens (tertiary/aromatic N) is 2. The third-order valence-corrected chi connectivity index (χ3v) is 6.43. The zero-order chi connectivity index (χ0) is 23.7. The Kier molecular flexibility index (Phi) is 6.56. The summed E-state index contributed by atoms with van der Waals surface area (Å²) in [6.45, 7) is -0.0756. The molecule has 1 unspecified atom stereocenters. The predicted molar refractivity (Wildman–Crippen MR) is 128 cm³/mol. The number of aliphatic hydroxyl groups is 1. The fraction of sp³-hybridized carbons (Fsp3) is 0.208. The van der Waals surface area contributed by atoms with Crippen LogP contribution < -0.4 is 0 Å². The highest BCUT2D eigenvalue weighted by atomic mass is 35.5. The lowest BCUT2D eigenvalue weighted by molar-refractivity contribution is 0.0782. The van der Waals surface area contributed by atoms with Crippen LogP contribution in [0.4, 0.5) is 0 Å². The van der Waals surface area contributed by atoms with Gasteiger partial charge in [0.2, 0.25) is 5.88 Å². The molecule has 2 heterocycles. The molecular formula is C24H23Cl2N3O4. The van der Waals surface area contributed by atoms with Crippen LogP contribution in [-0.4, -0.2) is 49.3 Å². The van der Waals surface area contributed by atoms with Crippen LogP contribution in [-0.2, 0) is 13.0 Å². The van der Waals surface area contributed by atoms with E-state index in [0.29, 0.717) is 16.5 Å². The molecule has 0 fully saturated rings. The highest BCUT2D eigenvalue weighted by Crippen LogP contribution is 2.36. The molecule has 0 bridgehead atoms. The summed E-state index contributed by atoms with van der Waals surface area (Å²) in [7, 11) is 1.58. The molecule has 0 saturated heterocycles. The molecule has 1 atom stereocenters. The van der Waals surface area contributed by atoms with Crippen molar-refractivity contribution in [3.05, 3.63) is 81.6 Å². The smallest absolute Gasteiger partial charge is 0.259 e. The van der Waals surface area contributed by atoms with E-state index < -0.39 is 23.6 Å². The summed E-state index contributed by atoms with van der Waals surface area (Å²) in [5, 5.41) is 32.8. The minimum Gasteiger partial charge on any atom is -0.503 e. The van der Waals surface area contributed by atoms with Gasteiger partial charge in [-0.25, -0.2) is 0 Å². The molecule has 33 heavy (non-hydrogen) atoms. The second-order valence-corrected chi connectivity index (χ2v) is 8.75. The molecule has 2 aromatic carbocycles. The number of carbonyl (C=O) groups is 1. The van der Waals surface area contributed by atoms with Crippen LogP contribution in [0.1, 0.15) is 27.5 Å². The minimum atomic E-state index is -0.586. The summed E-state index contributed by atoms with van der Waals surface area (Å²) in [5.74, 6) is -1.49. The van der Waals surface area contributed by atoms with Crippen molar-refractivity contribution in [3.63, 3.8) is 0 Å². The Morgan fingerprint density at radius 1 is 1.15 bits per heavy atom. The summed E-state index contributed by atoms with van der Waals surface area (Å²) in [4.78, 5) is 17.6. The molecule has 0 saturated carbocycles. The first-order valence-electron chi connectivity index (χ1n) is 10.3. The van der Waals surface area contributed by atoms with E-state index >= 15 is 0 Å². The minimum absolute atomic E-state index is 0.0626. The maximum atomic E-state index is 13.0. The number of amides is 1. The number of benzene rings is 2. The molecule has 4 N–H and O–H groups in total. The van der Waals surface area contributed by atoms with Gasteiger partial charge in [0, 0.05) is 36.9 Å². The number of hydrogen-bond donors (Lipinski definition) is 4. The zero-order valence-electron chi connectivity index (χ0n) is 17.8. The molecule has 0 aliphatic carbocycles.